The van der Waals surface area contributed by atoms with E-state index in [-0.39, 0.29) is 5.56 Å². The molecule has 1 N–H and O–H groups in total. The van der Waals surface area contributed by atoms with E-state index in [1.165, 1.54) is 6.33 Å². The van der Waals surface area contributed by atoms with Crippen LogP contribution in [0.5, 0.6) is 0 Å². The van der Waals surface area contributed by atoms with Crippen LogP contribution in [0, 0.1) is 5.92 Å². The molecule has 2 aromatic rings. The molecule has 2 aromatic heterocycles. The SMILES string of the molecule is CC1CC1c1nn(C)c2nc[nH]c(=O)c12. The predicted octanol–water partition coefficient (Wildman–Crippen LogP) is 0.780. The van der Waals surface area contributed by atoms with Crippen molar-refractivity contribution in [3.63, 3.8) is 0 Å². The first-order valence-corrected chi connectivity index (χ1v) is 5.08. The minimum atomic E-state index is -0.0813. The van der Waals surface area contributed by atoms with Crippen molar-refractivity contribution >= 4 is 11.0 Å². The summed E-state index contributed by atoms with van der Waals surface area (Å²) in [5.41, 5.74) is 1.50. The second kappa shape index (κ2) is 2.68. The van der Waals surface area contributed by atoms with Crippen LogP contribution in [-0.4, -0.2) is 19.7 Å². The van der Waals surface area contributed by atoms with Crippen molar-refractivity contribution in [3.8, 4) is 0 Å². The minimum absolute atomic E-state index is 0.0813. The van der Waals surface area contributed by atoms with Crippen LogP contribution < -0.4 is 5.56 Å². The Bertz CT molecular complexity index is 583. The Morgan fingerprint density at radius 1 is 1.60 bits per heavy atom. The van der Waals surface area contributed by atoms with Crippen molar-refractivity contribution < 1.29 is 0 Å². The lowest BCUT2D eigenvalue weighted by Gasteiger charge is -1.90. The molecule has 2 heterocycles. The molecule has 0 aromatic carbocycles. The van der Waals surface area contributed by atoms with E-state index in [2.05, 4.69) is 22.0 Å². The Balaban J connectivity index is 2.35. The average molecular weight is 204 g/mol. The third-order valence-electron chi connectivity index (χ3n) is 3.11. The molecule has 2 atom stereocenters. The Hall–Kier alpha value is -1.65. The maximum Gasteiger partial charge on any atom is 0.262 e. The number of nitrogens with zero attached hydrogens (tertiary/aromatic N) is 3. The number of fused-ring (bicyclic) bond motifs is 1. The fraction of sp³-hybridized carbons (Fsp3) is 0.500. The lowest BCUT2D eigenvalue weighted by molar-refractivity contribution is 0.748. The van der Waals surface area contributed by atoms with Crippen molar-refractivity contribution in [1.29, 1.82) is 0 Å². The largest absolute Gasteiger partial charge is 0.312 e. The number of aryl methyl sites for hydroxylation is 1. The summed E-state index contributed by atoms with van der Waals surface area (Å²) in [5, 5.41) is 5.06. The summed E-state index contributed by atoms with van der Waals surface area (Å²) in [6, 6.07) is 0. The Morgan fingerprint density at radius 2 is 2.33 bits per heavy atom. The van der Waals surface area contributed by atoms with Gasteiger partial charge < -0.3 is 4.98 Å². The molecule has 1 fully saturated rings. The van der Waals surface area contributed by atoms with Crippen molar-refractivity contribution in [1.82, 2.24) is 19.7 Å². The summed E-state index contributed by atoms with van der Waals surface area (Å²) in [5.74, 6) is 1.08. The van der Waals surface area contributed by atoms with Crippen molar-refractivity contribution in [2.75, 3.05) is 0 Å². The Kier molecular flexibility index (Phi) is 1.55. The minimum Gasteiger partial charge on any atom is -0.312 e. The quantitative estimate of drug-likeness (QED) is 0.746. The molecular formula is C10H12N4O. The highest BCUT2D eigenvalue weighted by atomic mass is 16.1. The van der Waals surface area contributed by atoms with Crippen LogP contribution in [0.3, 0.4) is 0 Å². The molecule has 1 saturated carbocycles. The number of aromatic nitrogens is 4. The second-order valence-electron chi connectivity index (χ2n) is 4.26. The van der Waals surface area contributed by atoms with Gasteiger partial charge in [-0.2, -0.15) is 5.10 Å². The summed E-state index contributed by atoms with van der Waals surface area (Å²) in [6.45, 7) is 2.18. The molecule has 15 heavy (non-hydrogen) atoms. The molecule has 5 nitrogen and oxygen atoms in total. The van der Waals surface area contributed by atoms with E-state index in [0.29, 0.717) is 22.9 Å². The lowest BCUT2D eigenvalue weighted by atomic mass is 10.2. The molecule has 78 valence electrons. The topological polar surface area (TPSA) is 63.6 Å². The molecule has 1 aliphatic rings. The van der Waals surface area contributed by atoms with Crippen LogP contribution in [0.25, 0.3) is 11.0 Å². The highest BCUT2D eigenvalue weighted by molar-refractivity contribution is 5.78. The molecule has 0 spiro atoms. The van der Waals surface area contributed by atoms with E-state index >= 15 is 0 Å². The average Bonchev–Trinajstić information content (AvgIpc) is 2.82. The number of H-pyrrole nitrogens is 1. The van der Waals surface area contributed by atoms with Crippen molar-refractivity contribution in [3.05, 3.63) is 22.4 Å². The van der Waals surface area contributed by atoms with Gasteiger partial charge in [-0.05, 0) is 12.3 Å². The zero-order valence-corrected chi connectivity index (χ0v) is 8.69. The van der Waals surface area contributed by atoms with E-state index in [4.69, 9.17) is 0 Å². The number of hydrogen-bond acceptors (Lipinski definition) is 3. The fourth-order valence-electron chi connectivity index (χ4n) is 2.09. The molecule has 2 unspecified atom stereocenters. The van der Waals surface area contributed by atoms with Crippen LogP contribution in [0.15, 0.2) is 11.1 Å². The van der Waals surface area contributed by atoms with Crippen molar-refractivity contribution in [2.24, 2.45) is 13.0 Å². The first-order chi connectivity index (χ1) is 7.18. The summed E-state index contributed by atoms with van der Waals surface area (Å²) in [6.07, 6.45) is 2.55. The third kappa shape index (κ3) is 1.12. The molecule has 0 amide bonds. The van der Waals surface area contributed by atoms with E-state index in [9.17, 15) is 4.79 Å². The van der Waals surface area contributed by atoms with Gasteiger partial charge in [-0.3, -0.25) is 4.79 Å². The number of nitrogens with one attached hydrogen (secondary N) is 1. The van der Waals surface area contributed by atoms with Crippen LogP contribution in [-0.2, 0) is 7.05 Å². The molecule has 0 aliphatic heterocycles. The number of rotatable bonds is 1. The van der Waals surface area contributed by atoms with Crippen LogP contribution in [0.1, 0.15) is 25.0 Å². The van der Waals surface area contributed by atoms with Gasteiger partial charge in [0.05, 0.1) is 12.0 Å². The highest BCUT2D eigenvalue weighted by Crippen LogP contribution is 2.47. The first kappa shape index (κ1) is 8.64. The Morgan fingerprint density at radius 3 is 3.00 bits per heavy atom. The van der Waals surface area contributed by atoms with Crippen LogP contribution in [0.4, 0.5) is 0 Å². The van der Waals surface area contributed by atoms with Gasteiger partial charge in [-0.25, -0.2) is 9.67 Å². The van der Waals surface area contributed by atoms with Gasteiger partial charge in [0, 0.05) is 13.0 Å². The van der Waals surface area contributed by atoms with E-state index in [1.54, 1.807) is 4.68 Å². The summed E-state index contributed by atoms with van der Waals surface area (Å²) in [4.78, 5) is 18.5. The molecule has 3 rings (SSSR count). The van der Waals surface area contributed by atoms with Gasteiger partial charge in [0.25, 0.3) is 5.56 Å². The van der Waals surface area contributed by atoms with Crippen LogP contribution in [0.2, 0.25) is 0 Å². The third-order valence-corrected chi connectivity index (χ3v) is 3.11. The van der Waals surface area contributed by atoms with Crippen molar-refractivity contribution in [2.45, 2.75) is 19.3 Å². The lowest BCUT2D eigenvalue weighted by Crippen LogP contribution is -2.07. The zero-order valence-electron chi connectivity index (χ0n) is 8.69. The number of hydrogen-bond donors (Lipinski definition) is 1. The molecule has 0 saturated heterocycles. The predicted molar refractivity (Wildman–Crippen MR) is 55.7 cm³/mol. The molecule has 0 bridgehead atoms. The number of aromatic amines is 1. The molecule has 5 heteroatoms. The Labute approximate surface area is 86.1 Å². The smallest absolute Gasteiger partial charge is 0.262 e. The van der Waals surface area contributed by atoms with E-state index < -0.39 is 0 Å². The van der Waals surface area contributed by atoms with Gasteiger partial charge in [0.15, 0.2) is 5.65 Å². The van der Waals surface area contributed by atoms with Gasteiger partial charge in [-0.15, -0.1) is 0 Å². The maximum absolute atomic E-state index is 11.7. The van der Waals surface area contributed by atoms with Gasteiger partial charge >= 0.3 is 0 Å². The molecule has 0 radical (unpaired) electrons. The van der Waals surface area contributed by atoms with Gasteiger partial charge in [0.2, 0.25) is 0 Å². The van der Waals surface area contributed by atoms with E-state index in [0.717, 1.165) is 12.1 Å². The van der Waals surface area contributed by atoms with Crippen LogP contribution >= 0.6 is 0 Å². The fourth-order valence-corrected chi connectivity index (χ4v) is 2.09. The first-order valence-electron chi connectivity index (χ1n) is 5.08. The molecular weight excluding hydrogens is 192 g/mol. The maximum atomic E-state index is 11.7. The van der Waals surface area contributed by atoms with Gasteiger partial charge in [0.1, 0.15) is 5.39 Å². The monoisotopic (exact) mass is 204 g/mol. The zero-order chi connectivity index (χ0) is 10.6. The summed E-state index contributed by atoms with van der Waals surface area (Å²) in [7, 11) is 1.82. The van der Waals surface area contributed by atoms with Gasteiger partial charge in [-0.1, -0.05) is 6.92 Å². The summed E-state index contributed by atoms with van der Waals surface area (Å²) >= 11 is 0. The second-order valence-corrected chi connectivity index (χ2v) is 4.26. The normalized spacial score (nSPS) is 24.7. The summed E-state index contributed by atoms with van der Waals surface area (Å²) < 4.78 is 1.69. The highest BCUT2D eigenvalue weighted by Gasteiger charge is 2.38. The standard InChI is InChI=1S/C10H12N4O/c1-5-3-6(5)8-7-9(14(2)13-8)11-4-12-10(7)15/h4-6H,3H2,1-2H3,(H,11,12,15). The molecule has 1 aliphatic carbocycles. The van der Waals surface area contributed by atoms with E-state index in [1.807, 2.05) is 7.05 Å².